The Labute approximate surface area is 168 Å². The lowest BCUT2D eigenvalue weighted by atomic mass is 9.95. The first-order valence-corrected chi connectivity index (χ1v) is 10.4. The van der Waals surface area contributed by atoms with Crippen LogP contribution in [-0.2, 0) is 0 Å². The average Bonchev–Trinajstić information content (AvgIpc) is 3.12. The SMILES string of the molecule is CC(=O)c1ccccc1N1CC(c2nc3c(cnn3C3CCCCC3)c(=O)[nH]2)C1. The zero-order valence-electron chi connectivity index (χ0n) is 16.6. The summed E-state index contributed by atoms with van der Waals surface area (Å²) in [5.74, 6) is 0.923. The van der Waals surface area contributed by atoms with Crippen molar-refractivity contribution in [2.24, 2.45) is 0 Å². The quantitative estimate of drug-likeness (QED) is 0.689. The zero-order valence-corrected chi connectivity index (χ0v) is 16.6. The number of nitrogens with one attached hydrogen (secondary N) is 1. The normalized spacial score (nSPS) is 18.2. The molecule has 7 nitrogen and oxygen atoms in total. The molecule has 3 aromatic rings. The van der Waals surface area contributed by atoms with Gasteiger partial charge in [-0.05, 0) is 31.9 Å². The number of rotatable bonds is 4. The number of Topliss-reactive ketones (excluding diaryl/α,β-unsaturated/α-hetero) is 1. The fraction of sp³-hybridized carbons (Fsp3) is 0.455. The van der Waals surface area contributed by atoms with Crippen LogP contribution in [0.4, 0.5) is 5.69 Å². The number of nitrogens with zero attached hydrogens (tertiary/aromatic N) is 4. The third-order valence-electron chi connectivity index (χ3n) is 6.29. The van der Waals surface area contributed by atoms with E-state index in [2.05, 4.69) is 15.0 Å². The maximum absolute atomic E-state index is 12.6. The molecule has 0 bridgehead atoms. The highest BCUT2D eigenvalue weighted by molar-refractivity contribution is 5.99. The zero-order chi connectivity index (χ0) is 20.0. The molecule has 29 heavy (non-hydrogen) atoms. The molecule has 0 unspecified atom stereocenters. The summed E-state index contributed by atoms with van der Waals surface area (Å²) >= 11 is 0. The molecule has 0 spiro atoms. The highest BCUT2D eigenvalue weighted by Gasteiger charge is 2.32. The molecule has 7 heteroatoms. The highest BCUT2D eigenvalue weighted by Crippen LogP contribution is 2.33. The molecule has 1 aliphatic heterocycles. The molecule has 1 N–H and O–H groups in total. The van der Waals surface area contributed by atoms with Crippen LogP contribution in [0.15, 0.2) is 35.3 Å². The van der Waals surface area contributed by atoms with Crippen molar-refractivity contribution in [1.82, 2.24) is 19.7 Å². The van der Waals surface area contributed by atoms with Crippen LogP contribution in [0.3, 0.4) is 0 Å². The minimum absolute atomic E-state index is 0.0633. The molecular weight excluding hydrogens is 366 g/mol. The van der Waals surface area contributed by atoms with Crippen molar-refractivity contribution in [1.29, 1.82) is 0 Å². The summed E-state index contributed by atoms with van der Waals surface area (Å²) in [6.45, 7) is 3.06. The van der Waals surface area contributed by atoms with Gasteiger partial charge in [0.05, 0.1) is 18.2 Å². The van der Waals surface area contributed by atoms with E-state index in [1.54, 1.807) is 13.1 Å². The number of aromatic amines is 1. The summed E-state index contributed by atoms with van der Waals surface area (Å²) in [5.41, 5.74) is 2.28. The molecule has 0 amide bonds. The summed E-state index contributed by atoms with van der Waals surface area (Å²) in [6.07, 6.45) is 7.52. The van der Waals surface area contributed by atoms with Crippen LogP contribution in [-0.4, -0.2) is 38.6 Å². The minimum atomic E-state index is -0.116. The number of ketones is 1. The average molecular weight is 391 g/mol. The van der Waals surface area contributed by atoms with Crippen molar-refractivity contribution >= 4 is 22.5 Å². The number of para-hydroxylation sites is 1. The summed E-state index contributed by atoms with van der Waals surface area (Å²) in [5, 5.41) is 5.07. The molecular formula is C22H25N5O2. The number of fused-ring (bicyclic) bond motifs is 1. The van der Waals surface area contributed by atoms with Gasteiger partial charge in [0.25, 0.3) is 5.56 Å². The lowest BCUT2D eigenvalue weighted by Gasteiger charge is -2.41. The topological polar surface area (TPSA) is 83.9 Å². The van der Waals surface area contributed by atoms with Crippen molar-refractivity contribution in [2.75, 3.05) is 18.0 Å². The van der Waals surface area contributed by atoms with Gasteiger partial charge in [-0.15, -0.1) is 0 Å². The number of aromatic nitrogens is 4. The first-order chi connectivity index (χ1) is 14.1. The molecule has 1 aliphatic carbocycles. The predicted octanol–water partition coefficient (Wildman–Crippen LogP) is 3.43. The van der Waals surface area contributed by atoms with Gasteiger partial charge < -0.3 is 9.88 Å². The van der Waals surface area contributed by atoms with E-state index in [1.165, 1.54) is 19.3 Å². The van der Waals surface area contributed by atoms with Gasteiger partial charge in [-0.25, -0.2) is 9.67 Å². The smallest absolute Gasteiger partial charge is 0.262 e. The predicted molar refractivity (Wildman–Crippen MR) is 112 cm³/mol. The second-order valence-electron chi connectivity index (χ2n) is 8.24. The molecule has 1 saturated heterocycles. The van der Waals surface area contributed by atoms with Crippen LogP contribution in [0.5, 0.6) is 0 Å². The van der Waals surface area contributed by atoms with Crippen molar-refractivity contribution in [2.45, 2.75) is 51.0 Å². The van der Waals surface area contributed by atoms with E-state index in [-0.39, 0.29) is 17.3 Å². The monoisotopic (exact) mass is 391 g/mol. The van der Waals surface area contributed by atoms with Gasteiger partial charge >= 0.3 is 0 Å². The second kappa shape index (κ2) is 7.13. The van der Waals surface area contributed by atoms with E-state index in [0.717, 1.165) is 43.0 Å². The number of H-pyrrole nitrogens is 1. The van der Waals surface area contributed by atoms with Gasteiger partial charge in [-0.3, -0.25) is 9.59 Å². The van der Waals surface area contributed by atoms with Gasteiger partial charge in [0.2, 0.25) is 0 Å². The molecule has 0 radical (unpaired) electrons. The Kier molecular flexibility index (Phi) is 4.45. The number of hydrogen-bond donors (Lipinski definition) is 1. The molecule has 0 atom stereocenters. The van der Waals surface area contributed by atoms with Crippen molar-refractivity contribution in [3.63, 3.8) is 0 Å². The lowest BCUT2D eigenvalue weighted by Crippen LogP contribution is -2.46. The fourth-order valence-electron chi connectivity index (χ4n) is 4.63. The molecule has 3 heterocycles. The van der Waals surface area contributed by atoms with E-state index in [0.29, 0.717) is 17.1 Å². The Morgan fingerprint density at radius 2 is 1.90 bits per heavy atom. The molecule has 1 aromatic carbocycles. The first kappa shape index (κ1) is 18.1. The Balaban J connectivity index is 1.42. The van der Waals surface area contributed by atoms with E-state index in [9.17, 15) is 9.59 Å². The Bertz CT molecular complexity index is 1120. The van der Waals surface area contributed by atoms with Gasteiger partial charge in [0.15, 0.2) is 11.4 Å². The molecule has 150 valence electrons. The van der Waals surface area contributed by atoms with E-state index in [1.807, 2.05) is 28.9 Å². The maximum atomic E-state index is 12.6. The van der Waals surface area contributed by atoms with Crippen molar-refractivity contribution in [3.8, 4) is 0 Å². The maximum Gasteiger partial charge on any atom is 0.262 e. The molecule has 5 rings (SSSR count). The van der Waals surface area contributed by atoms with E-state index >= 15 is 0 Å². The van der Waals surface area contributed by atoms with Crippen LogP contribution >= 0.6 is 0 Å². The van der Waals surface area contributed by atoms with Crippen LogP contribution in [0.1, 0.15) is 67.2 Å². The Hall–Kier alpha value is -2.96. The Morgan fingerprint density at radius 3 is 2.66 bits per heavy atom. The van der Waals surface area contributed by atoms with E-state index in [4.69, 9.17) is 4.98 Å². The van der Waals surface area contributed by atoms with Crippen LogP contribution < -0.4 is 10.5 Å². The van der Waals surface area contributed by atoms with Crippen LogP contribution in [0.25, 0.3) is 11.0 Å². The molecule has 2 fully saturated rings. The summed E-state index contributed by atoms with van der Waals surface area (Å²) in [7, 11) is 0. The fourth-order valence-corrected chi connectivity index (χ4v) is 4.63. The minimum Gasteiger partial charge on any atom is -0.369 e. The summed E-state index contributed by atoms with van der Waals surface area (Å²) < 4.78 is 1.97. The number of benzene rings is 1. The highest BCUT2D eigenvalue weighted by atomic mass is 16.1. The number of carbonyl (C=O) groups is 1. The Morgan fingerprint density at radius 1 is 1.14 bits per heavy atom. The molecule has 2 aromatic heterocycles. The van der Waals surface area contributed by atoms with Crippen LogP contribution in [0, 0.1) is 0 Å². The number of carbonyl (C=O) groups excluding carboxylic acids is 1. The molecule has 1 saturated carbocycles. The van der Waals surface area contributed by atoms with Gasteiger partial charge in [0.1, 0.15) is 11.2 Å². The summed E-state index contributed by atoms with van der Waals surface area (Å²) in [4.78, 5) is 34.5. The second-order valence-corrected chi connectivity index (χ2v) is 8.24. The van der Waals surface area contributed by atoms with Crippen molar-refractivity contribution < 1.29 is 4.79 Å². The van der Waals surface area contributed by atoms with Crippen molar-refractivity contribution in [3.05, 3.63) is 52.2 Å². The van der Waals surface area contributed by atoms with Gasteiger partial charge in [0, 0.05) is 24.3 Å². The third-order valence-corrected chi connectivity index (χ3v) is 6.29. The van der Waals surface area contributed by atoms with E-state index < -0.39 is 0 Å². The largest absolute Gasteiger partial charge is 0.369 e. The van der Waals surface area contributed by atoms with Crippen LogP contribution in [0.2, 0.25) is 0 Å². The number of hydrogen-bond acceptors (Lipinski definition) is 5. The first-order valence-electron chi connectivity index (χ1n) is 10.4. The van der Waals surface area contributed by atoms with Gasteiger partial charge in [-0.2, -0.15) is 5.10 Å². The van der Waals surface area contributed by atoms with Gasteiger partial charge in [-0.1, -0.05) is 31.4 Å². The molecule has 2 aliphatic rings. The third kappa shape index (κ3) is 3.14. The lowest BCUT2D eigenvalue weighted by molar-refractivity contribution is 0.101. The summed E-state index contributed by atoms with van der Waals surface area (Å²) in [6, 6.07) is 8.01. The number of anilines is 1. The standard InChI is InChI=1S/C22H25N5O2/c1-14(28)17-9-5-6-10-19(17)26-12-15(13-26)20-24-21-18(22(29)25-20)11-23-27(21)16-7-3-2-4-8-16/h5-6,9-11,15-16H,2-4,7-8,12-13H2,1H3,(H,24,25,29).